The molecule has 0 fully saturated rings. The van der Waals surface area contributed by atoms with Gasteiger partial charge in [0, 0.05) is 21.3 Å². The van der Waals surface area contributed by atoms with Crippen molar-refractivity contribution in [2.45, 2.75) is 37.6 Å². The van der Waals surface area contributed by atoms with Crippen LogP contribution in [0.1, 0.15) is 34.8 Å². The fraction of sp³-hybridized carbons (Fsp3) is 0.412. The minimum Gasteiger partial charge on any atom is -0.316 e. The molecule has 1 aliphatic carbocycles. The molecule has 0 saturated carbocycles. The second-order valence-electron chi connectivity index (χ2n) is 5.49. The molecule has 106 valence electrons. The number of nitrogens with one attached hydrogen (secondary N) is 1. The zero-order valence-electron chi connectivity index (χ0n) is 11.7. The van der Waals surface area contributed by atoms with Crippen molar-refractivity contribution in [2.75, 3.05) is 7.05 Å². The smallest absolute Gasteiger partial charge is 0.0207 e. The van der Waals surface area contributed by atoms with E-state index < -0.39 is 0 Å². The normalized spacial score (nSPS) is 19.6. The molecule has 2 atom stereocenters. The number of likely N-dealkylation sites (N-methyl/N-ethyl adjacent to an activating group) is 1. The molecule has 1 aromatic carbocycles. The monoisotopic (exact) mass is 349 g/mol. The van der Waals surface area contributed by atoms with E-state index in [0.717, 1.165) is 6.42 Å². The van der Waals surface area contributed by atoms with Crippen molar-refractivity contribution in [2.24, 2.45) is 0 Å². The predicted octanol–water partition coefficient (Wildman–Crippen LogP) is 4.76. The van der Waals surface area contributed by atoms with Gasteiger partial charge in [-0.15, -0.1) is 11.3 Å². The molecule has 20 heavy (non-hydrogen) atoms. The zero-order valence-corrected chi connectivity index (χ0v) is 14.1. The Labute approximate surface area is 133 Å². The first-order valence-electron chi connectivity index (χ1n) is 7.26. The van der Waals surface area contributed by atoms with Crippen LogP contribution >= 0.6 is 27.3 Å². The number of rotatable bonds is 4. The van der Waals surface area contributed by atoms with Gasteiger partial charge >= 0.3 is 0 Å². The minimum atomic E-state index is 0.516. The number of benzene rings is 1. The lowest BCUT2D eigenvalue weighted by Crippen LogP contribution is -2.35. The highest BCUT2D eigenvalue weighted by atomic mass is 79.9. The van der Waals surface area contributed by atoms with Crippen molar-refractivity contribution in [3.63, 3.8) is 0 Å². The Morgan fingerprint density at radius 3 is 3.00 bits per heavy atom. The topological polar surface area (TPSA) is 12.0 Å². The van der Waals surface area contributed by atoms with Gasteiger partial charge in [0.2, 0.25) is 0 Å². The first-order valence-corrected chi connectivity index (χ1v) is 8.94. The van der Waals surface area contributed by atoms with Gasteiger partial charge in [-0.05, 0) is 61.4 Å². The van der Waals surface area contributed by atoms with Crippen LogP contribution in [0.3, 0.4) is 0 Å². The summed E-state index contributed by atoms with van der Waals surface area (Å²) in [6.45, 7) is 0. The van der Waals surface area contributed by atoms with Crippen LogP contribution in [0.15, 0.2) is 40.2 Å². The van der Waals surface area contributed by atoms with Gasteiger partial charge in [0.05, 0.1) is 0 Å². The Kier molecular flexibility index (Phi) is 4.59. The summed E-state index contributed by atoms with van der Waals surface area (Å²) in [5.41, 5.74) is 2.99. The first-order chi connectivity index (χ1) is 9.79. The maximum absolute atomic E-state index is 3.68. The quantitative estimate of drug-likeness (QED) is 0.838. The second-order valence-corrected chi connectivity index (χ2v) is 7.34. The average Bonchev–Trinajstić information content (AvgIpc) is 2.95. The Bertz CT molecular complexity index is 578. The standard InChI is InChI=1S/C17H20BrNS/c1-19-16(11-12-5-2-3-7-15(12)18)13-6-4-8-17-14(13)9-10-20-17/h2-3,5,7,9-10,13,16,19H,4,6,8,11H2,1H3. The number of hydrogen-bond acceptors (Lipinski definition) is 2. The Morgan fingerprint density at radius 1 is 1.35 bits per heavy atom. The van der Waals surface area contributed by atoms with Gasteiger partial charge in [-0.3, -0.25) is 0 Å². The van der Waals surface area contributed by atoms with Crippen LogP contribution in [-0.2, 0) is 12.8 Å². The zero-order chi connectivity index (χ0) is 13.9. The van der Waals surface area contributed by atoms with Crippen LogP contribution in [0.2, 0.25) is 0 Å². The summed E-state index contributed by atoms with van der Waals surface area (Å²) in [5, 5.41) is 5.82. The summed E-state index contributed by atoms with van der Waals surface area (Å²) >= 11 is 5.61. The third-order valence-corrected chi connectivity index (χ3v) is 6.12. The number of fused-ring (bicyclic) bond motifs is 1. The van der Waals surface area contributed by atoms with Crippen LogP contribution in [0.4, 0.5) is 0 Å². The molecule has 0 aliphatic heterocycles. The van der Waals surface area contributed by atoms with Gasteiger partial charge in [-0.25, -0.2) is 0 Å². The molecule has 1 nitrogen and oxygen atoms in total. The highest BCUT2D eigenvalue weighted by Gasteiger charge is 2.28. The third-order valence-electron chi connectivity index (χ3n) is 4.35. The van der Waals surface area contributed by atoms with Crippen LogP contribution in [-0.4, -0.2) is 13.1 Å². The van der Waals surface area contributed by atoms with Gasteiger partial charge in [-0.1, -0.05) is 34.1 Å². The number of aryl methyl sites for hydroxylation is 1. The van der Waals surface area contributed by atoms with Gasteiger partial charge in [-0.2, -0.15) is 0 Å². The SMILES string of the molecule is CNC(Cc1ccccc1Br)C1CCCc2sccc21. The molecule has 1 aromatic heterocycles. The summed E-state index contributed by atoms with van der Waals surface area (Å²) in [6.07, 6.45) is 4.98. The summed E-state index contributed by atoms with van der Waals surface area (Å²) in [6, 6.07) is 11.4. The fourth-order valence-corrected chi connectivity index (χ4v) is 4.73. The highest BCUT2D eigenvalue weighted by molar-refractivity contribution is 9.10. The molecular formula is C17H20BrNS. The molecule has 0 bridgehead atoms. The number of thiophene rings is 1. The molecule has 0 amide bonds. The van der Waals surface area contributed by atoms with Gasteiger partial charge in [0.1, 0.15) is 0 Å². The van der Waals surface area contributed by atoms with Gasteiger partial charge in [0.15, 0.2) is 0 Å². The molecule has 0 spiro atoms. The molecule has 1 N–H and O–H groups in total. The summed E-state index contributed by atoms with van der Waals surface area (Å²) < 4.78 is 1.22. The van der Waals surface area contributed by atoms with E-state index in [4.69, 9.17) is 0 Å². The Hall–Kier alpha value is -0.640. The van der Waals surface area contributed by atoms with E-state index in [1.165, 1.54) is 29.3 Å². The second kappa shape index (κ2) is 6.42. The lowest BCUT2D eigenvalue weighted by Gasteiger charge is -2.31. The van der Waals surface area contributed by atoms with Crippen molar-refractivity contribution >= 4 is 27.3 Å². The predicted molar refractivity (Wildman–Crippen MR) is 90.7 cm³/mol. The van der Waals surface area contributed by atoms with Gasteiger partial charge in [0.25, 0.3) is 0 Å². The lowest BCUT2D eigenvalue weighted by atomic mass is 9.80. The Balaban J connectivity index is 1.83. The van der Waals surface area contributed by atoms with E-state index in [0.29, 0.717) is 12.0 Å². The molecule has 3 rings (SSSR count). The van der Waals surface area contributed by atoms with Crippen molar-refractivity contribution in [1.29, 1.82) is 0 Å². The van der Waals surface area contributed by atoms with Crippen LogP contribution < -0.4 is 5.32 Å². The molecule has 2 aromatic rings. The Morgan fingerprint density at radius 2 is 2.20 bits per heavy atom. The van der Waals surface area contributed by atoms with E-state index in [-0.39, 0.29) is 0 Å². The van der Waals surface area contributed by atoms with Crippen LogP contribution in [0.25, 0.3) is 0 Å². The third kappa shape index (κ3) is 2.85. The summed E-state index contributed by atoms with van der Waals surface area (Å²) in [7, 11) is 2.10. The number of halogens is 1. The van der Waals surface area contributed by atoms with E-state index in [1.807, 2.05) is 11.3 Å². The molecule has 3 heteroatoms. The first kappa shape index (κ1) is 14.3. The van der Waals surface area contributed by atoms with E-state index in [9.17, 15) is 0 Å². The van der Waals surface area contributed by atoms with E-state index in [1.54, 1.807) is 10.4 Å². The van der Waals surface area contributed by atoms with Crippen LogP contribution in [0, 0.1) is 0 Å². The highest BCUT2D eigenvalue weighted by Crippen LogP contribution is 2.38. The van der Waals surface area contributed by atoms with Crippen molar-refractivity contribution in [1.82, 2.24) is 5.32 Å². The fourth-order valence-electron chi connectivity index (χ4n) is 3.29. The van der Waals surface area contributed by atoms with Crippen LogP contribution in [0.5, 0.6) is 0 Å². The van der Waals surface area contributed by atoms with E-state index in [2.05, 4.69) is 64.0 Å². The van der Waals surface area contributed by atoms with Crippen molar-refractivity contribution in [3.8, 4) is 0 Å². The molecule has 0 radical (unpaired) electrons. The van der Waals surface area contributed by atoms with Crippen molar-refractivity contribution in [3.05, 3.63) is 56.2 Å². The molecule has 0 saturated heterocycles. The average molecular weight is 350 g/mol. The van der Waals surface area contributed by atoms with Crippen molar-refractivity contribution < 1.29 is 0 Å². The molecule has 1 aliphatic rings. The maximum atomic E-state index is 3.68. The molecular weight excluding hydrogens is 330 g/mol. The number of hydrogen-bond donors (Lipinski definition) is 1. The van der Waals surface area contributed by atoms with Gasteiger partial charge < -0.3 is 5.32 Å². The maximum Gasteiger partial charge on any atom is 0.0207 e. The van der Waals surface area contributed by atoms with E-state index >= 15 is 0 Å². The minimum absolute atomic E-state index is 0.516. The largest absolute Gasteiger partial charge is 0.316 e. The summed E-state index contributed by atoms with van der Waals surface area (Å²) in [4.78, 5) is 1.61. The summed E-state index contributed by atoms with van der Waals surface area (Å²) in [5.74, 6) is 0.655. The molecule has 1 heterocycles. The molecule has 2 unspecified atom stereocenters. The lowest BCUT2D eigenvalue weighted by molar-refractivity contribution is 0.413.